The Bertz CT molecular complexity index is 825. The van der Waals surface area contributed by atoms with Crippen molar-refractivity contribution in [1.82, 2.24) is 10.3 Å². The Balaban J connectivity index is 1.33. The van der Waals surface area contributed by atoms with Gasteiger partial charge in [0.2, 0.25) is 0 Å². The monoisotopic (exact) mass is 373 g/mol. The molecule has 4 aliphatic rings. The zero-order chi connectivity index (χ0) is 19.4. The molecule has 28 heavy (non-hydrogen) atoms. The van der Waals surface area contributed by atoms with Crippen molar-refractivity contribution in [2.24, 2.45) is 16.4 Å². The van der Waals surface area contributed by atoms with Gasteiger partial charge in [-0.1, -0.05) is 43.6 Å². The number of hydrogen-bond donors (Lipinski definition) is 1. The number of hydrogen-bond acceptors (Lipinski definition) is 3. The van der Waals surface area contributed by atoms with Crippen LogP contribution in [0.4, 0.5) is 0 Å². The summed E-state index contributed by atoms with van der Waals surface area (Å²) in [6, 6.07) is 0. The van der Waals surface area contributed by atoms with Gasteiger partial charge in [0.15, 0.2) is 0 Å². The first-order valence-corrected chi connectivity index (χ1v) is 10.6. The molecule has 1 unspecified atom stereocenters. The van der Waals surface area contributed by atoms with Gasteiger partial charge in [-0.2, -0.15) is 5.10 Å². The second-order valence-corrected chi connectivity index (χ2v) is 8.69. The fraction of sp³-hybridized carbons (Fsp3) is 0.480. The predicted octanol–water partition coefficient (Wildman–Crippen LogP) is 5.08. The summed E-state index contributed by atoms with van der Waals surface area (Å²) >= 11 is 0. The molecule has 2 heterocycles. The summed E-state index contributed by atoms with van der Waals surface area (Å²) < 4.78 is 0. The number of hydrazone groups is 1. The van der Waals surface area contributed by atoms with Crippen molar-refractivity contribution in [3.05, 3.63) is 59.5 Å². The quantitative estimate of drug-likeness (QED) is 0.649. The summed E-state index contributed by atoms with van der Waals surface area (Å²) in [5.74, 6) is 6.86. The summed E-state index contributed by atoms with van der Waals surface area (Å²) in [6.07, 6.45) is 22.2. The molecule has 4 rings (SSSR count). The van der Waals surface area contributed by atoms with Gasteiger partial charge < -0.3 is 4.90 Å². The summed E-state index contributed by atoms with van der Waals surface area (Å²) in [6.45, 7) is 8.49. The molecule has 1 spiro atoms. The van der Waals surface area contributed by atoms with Crippen LogP contribution in [0.3, 0.4) is 0 Å². The average Bonchev–Trinajstić information content (AvgIpc) is 3.13. The van der Waals surface area contributed by atoms with Crippen molar-refractivity contribution < 1.29 is 0 Å². The second-order valence-electron chi connectivity index (χ2n) is 8.69. The summed E-state index contributed by atoms with van der Waals surface area (Å²) in [5.41, 5.74) is 7.90. The van der Waals surface area contributed by atoms with Crippen LogP contribution in [-0.2, 0) is 0 Å². The van der Waals surface area contributed by atoms with Crippen LogP contribution in [0.25, 0.3) is 0 Å². The molecule has 1 saturated carbocycles. The third-order valence-electron chi connectivity index (χ3n) is 6.52. The highest BCUT2D eigenvalue weighted by Gasteiger charge is 2.37. The lowest BCUT2D eigenvalue weighted by Gasteiger charge is -2.41. The van der Waals surface area contributed by atoms with Crippen LogP contribution in [0.15, 0.2) is 64.6 Å². The zero-order valence-electron chi connectivity index (χ0n) is 17.0. The zero-order valence-corrected chi connectivity index (χ0v) is 17.0. The number of likely N-dealkylation sites (tertiary alicyclic amines) is 1. The molecule has 0 aromatic heterocycles. The Labute approximate surface area is 169 Å². The smallest absolute Gasteiger partial charge is 0.106 e. The lowest BCUT2D eigenvalue weighted by atomic mass is 9.77. The first-order valence-electron chi connectivity index (χ1n) is 10.6. The summed E-state index contributed by atoms with van der Waals surface area (Å²) in [4.78, 5) is 2.58. The lowest BCUT2D eigenvalue weighted by molar-refractivity contribution is 0.135. The minimum absolute atomic E-state index is 0.261. The number of piperidine rings is 1. The lowest BCUT2D eigenvalue weighted by Crippen LogP contribution is -2.38. The Kier molecular flexibility index (Phi) is 5.57. The van der Waals surface area contributed by atoms with E-state index in [0.717, 1.165) is 23.3 Å². The van der Waals surface area contributed by atoms with Gasteiger partial charge in [0, 0.05) is 24.7 Å². The molecule has 1 saturated heterocycles. The van der Waals surface area contributed by atoms with E-state index in [4.69, 9.17) is 0 Å². The molecular weight excluding hydrogens is 342 g/mol. The van der Waals surface area contributed by atoms with Crippen molar-refractivity contribution in [3.63, 3.8) is 0 Å². The van der Waals surface area contributed by atoms with Crippen LogP contribution in [0.5, 0.6) is 0 Å². The molecule has 1 atom stereocenters. The van der Waals surface area contributed by atoms with Crippen molar-refractivity contribution >= 4 is 6.21 Å². The molecule has 2 aliphatic heterocycles. The second kappa shape index (κ2) is 8.27. The maximum atomic E-state index is 4.20. The third-order valence-corrected chi connectivity index (χ3v) is 6.52. The van der Waals surface area contributed by atoms with E-state index < -0.39 is 0 Å². The predicted molar refractivity (Wildman–Crippen MR) is 117 cm³/mol. The molecule has 2 aliphatic carbocycles. The fourth-order valence-electron chi connectivity index (χ4n) is 4.84. The molecule has 2 fully saturated rings. The molecule has 0 amide bonds. The van der Waals surface area contributed by atoms with Crippen molar-refractivity contribution in [1.29, 1.82) is 0 Å². The van der Waals surface area contributed by atoms with Crippen molar-refractivity contribution in [3.8, 4) is 11.8 Å². The van der Waals surface area contributed by atoms with Crippen LogP contribution < -0.4 is 5.43 Å². The summed E-state index contributed by atoms with van der Waals surface area (Å²) in [5, 5.41) is 4.20. The van der Waals surface area contributed by atoms with Gasteiger partial charge >= 0.3 is 0 Å². The Morgan fingerprint density at radius 2 is 1.96 bits per heavy atom. The normalized spacial score (nSPS) is 29.5. The molecule has 0 aromatic rings. The number of nitrogens with zero attached hydrogens (tertiary/aromatic N) is 2. The average molecular weight is 374 g/mol. The number of allylic oxidation sites excluding steroid dienone is 8. The third kappa shape index (κ3) is 4.50. The van der Waals surface area contributed by atoms with E-state index in [0.29, 0.717) is 5.41 Å². The molecule has 3 nitrogen and oxygen atoms in total. The van der Waals surface area contributed by atoms with E-state index in [9.17, 15) is 0 Å². The van der Waals surface area contributed by atoms with Gasteiger partial charge in [-0.3, -0.25) is 5.43 Å². The van der Waals surface area contributed by atoms with Crippen molar-refractivity contribution in [2.45, 2.75) is 51.9 Å². The summed E-state index contributed by atoms with van der Waals surface area (Å²) in [7, 11) is 0. The molecule has 3 heteroatoms. The van der Waals surface area contributed by atoms with Gasteiger partial charge in [0.05, 0.1) is 6.21 Å². The number of rotatable bonds is 1. The topological polar surface area (TPSA) is 27.6 Å². The maximum Gasteiger partial charge on any atom is 0.106 e. The molecule has 0 radical (unpaired) electrons. The fourth-order valence-corrected chi connectivity index (χ4v) is 4.84. The molecule has 0 bridgehead atoms. The number of nitrogens with one attached hydrogen (secondary N) is 1. The van der Waals surface area contributed by atoms with E-state index >= 15 is 0 Å². The van der Waals surface area contributed by atoms with Crippen LogP contribution in [-0.4, -0.2) is 24.2 Å². The van der Waals surface area contributed by atoms with Crippen LogP contribution in [0.1, 0.15) is 51.9 Å². The maximum absolute atomic E-state index is 4.20. The van der Waals surface area contributed by atoms with Gasteiger partial charge in [0.25, 0.3) is 0 Å². The molecule has 146 valence electrons. The largest absolute Gasteiger partial charge is 0.372 e. The van der Waals surface area contributed by atoms with Gasteiger partial charge in [0.1, 0.15) is 5.70 Å². The van der Waals surface area contributed by atoms with E-state index in [2.05, 4.69) is 52.1 Å². The Morgan fingerprint density at radius 1 is 1.18 bits per heavy atom. The minimum Gasteiger partial charge on any atom is -0.372 e. The highest BCUT2D eigenvalue weighted by molar-refractivity contribution is 5.79. The Hall–Kier alpha value is -2.47. The van der Waals surface area contributed by atoms with E-state index in [1.165, 1.54) is 57.3 Å². The first kappa shape index (κ1) is 18.9. The van der Waals surface area contributed by atoms with E-state index in [1.54, 1.807) is 6.21 Å². The van der Waals surface area contributed by atoms with Crippen LogP contribution >= 0.6 is 0 Å². The first-order chi connectivity index (χ1) is 13.6. The van der Waals surface area contributed by atoms with E-state index in [1.807, 2.05) is 19.1 Å². The van der Waals surface area contributed by atoms with Gasteiger partial charge in [-0.15, -0.1) is 0 Å². The highest BCUT2D eigenvalue weighted by Crippen LogP contribution is 2.46. The van der Waals surface area contributed by atoms with Crippen LogP contribution in [0.2, 0.25) is 0 Å². The SMILES string of the molecule is C=C1C=C(C#CC2C=CC(N3CCC4(CCCC4)CC3)=CC2)N/N=C\C(C)=C/1. The Morgan fingerprint density at radius 3 is 2.68 bits per heavy atom. The molecular formula is C25H31N3. The van der Waals surface area contributed by atoms with Gasteiger partial charge in [-0.25, -0.2) is 0 Å². The minimum atomic E-state index is 0.261. The molecule has 1 N–H and O–H groups in total. The van der Waals surface area contributed by atoms with Gasteiger partial charge in [-0.05, 0) is 73.7 Å². The highest BCUT2D eigenvalue weighted by atomic mass is 15.3. The van der Waals surface area contributed by atoms with Crippen LogP contribution in [0, 0.1) is 23.2 Å². The van der Waals surface area contributed by atoms with E-state index in [-0.39, 0.29) is 5.92 Å². The molecule has 0 aromatic carbocycles. The van der Waals surface area contributed by atoms with Crippen molar-refractivity contribution in [2.75, 3.05) is 13.1 Å². The standard InChI is InChI=1S/C25H31N3/c1-20-17-21(2)19-26-27-23(18-20)8-5-22-6-9-24(10-7-22)28-15-13-25(14-16-28)11-3-4-12-25/h6,9-10,17-19,22,27H,1,3-4,7,11-16H2,2H3/b21-17-,23-18?,26-19-.